The summed E-state index contributed by atoms with van der Waals surface area (Å²) in [5.74, 6) is 1.57. The van der Waals surface area contributed by atoms with Gasteiger partial charge in [-0.1, -0.05) is 0 Å². The van der Waals surface area contributed by atoms with Crippen LogP contribution in [0.2, 0.25) is 0 Å². The maximum atomic E-state index is 11.3. The molecule has 0 saturated carbocycles. The van der Waals surface area contributed by atoms with Gasteiger partial charge in [-0.15, -0.1) is 0 Å². The van der Waals surface area contributed by atoms with E-state index in [4.69, 9.17) is 5.84 Å². The van der Waals surface area contributed by atoms with Crippen molar-refractivity contribution >= 4 is 23.7 Å². The van der Waals surface area contributed by atoms with Gasteiger partial charge in [0.25, 0.3) is 11.8 Å². The molecule has 3 amide bonds. The number of ether oxygens (including phenoxy) is 1. The predicted octanol–water partition coefficient (Wildman–Crippen LogP) is -2.12. The Morgan fingerprint density at radius 1 is 0.926 bits per heavy atom. The van der Waals surface area contributed by atoms with Gasteiger partial charge in [0.2, 0.25) is 0 Å². The number of hydrazine groups is 2. The highest BCUT2D eigenvalue weighted by Gasteiger charge is 2.16. The fourth-order valence-corrected chi connectivity index (χ4v) is 1.33. The van der Waals surface area contributed by atoms with Crippen LogP contribution < -0.4 is 22.1 Å². The van der Waals surface area contributed by atoms with Gasteiger partial charge in [-0.05, 0) is 6.92 Å². The first-order valence-corrected chi connectivity index (χ1v) is 7.30. The molecule has 0 aliphatic heterocycles. The molecule has 2 aromatic heterocycles. The van der Waals surface area contributed by atoms with Crippen LogP contribution >= 0.6 is 0 Å². The van der Waals surface area contributed by atoms with Crippen LogP contribution in [0.3, 0.4) is 0 Å². The lowest BCUT2D eigenvalue weighted by Crippen LogP contribution is -2.45. The molecule has 0 aliphatic rings. The summed E-state index contributed by atoms with van der Waals surface area (Å²) in [4.78, 5) is 58.7. The summed E-state index contributed by atoms with van der Waals surface area (Å²) in [5, 5.41) is 0. The van der Waals surface area contributed by atoms with Crippen LogP contribution in [0.4, 0.5) is 0 Å². The zero-order valence-electron chi connectivity index (χ0n) is 14.1. The van der Waals surface area contributed by atoms with Crippen LogP contribution in [0.15, 0.2) is 37.2 Å². The zero-order chi connectivity index (χ0) is 20.1. The minimum Gasteiger partial charge on any atom is -0.459 e. The summed E-state index contributed by atoms with van der Waals surface area (Å²) in [6.07, 6.45) is 8.17. The molecule has 0 aromatic carbocycles. The normalized spacial score (nSPS) is 9.11. The first-order valence-electron chi connectivity index (χ1n) is 7.30. The van der Waals surface area contributed by atoms with Gasteiger partial charge < -0.3 is 4.74 Å². The third-order valence-corrected chi connectivity index (χ3v) is 2.47. The maximum absolute atomic E-state index is 11.3. The highest BCUT2D eigenvalue weighted by molar-refractivity contribution is 6.32. The number of hydrogen-bond acceptors (Lipinski definition) is 10. The second-order valence-electron chi connectivity index (χ2n) is 4.28. The van der Waals surface area contributed by atoms with E-state index in [2.05, 4.69) is 24.7 Å². The number of nitrogens with two attached hydrogens (primary N) is 1. The first kappa shape index (κ1) is 21.0. The van der Waals surface area contributed by atoms with E-state index in [-0.39, 0.29) is 18.0 Å². The highest BCUT2D eigenvalue weighted by atomic mass is 16.5. The van der Waals surface area contributed by atoms with E-state index < -0.39 is 23.7 Å². The molecular formula is C14H16N8O5. The minimum atomic E-state index is -1.08. The van der Waals surface area contributed by atoms with Gasteiger partial charge in [-0.3, -0.25) is 40.6 Å². The van der Waals surface area contributed by atoms with Gasteiger partial charge >= 0.3 is 11.9 Å². The zero-order valence-corrected chi connectivity index (χ0v) is 14.1. The van der Waals surface area contributed by atoms with Gasteiger partial charge in [0.05, 0.1) is 19.0 Å². The van der Waals surface area contributed by atoms with Gasteiger partial charge in [0.15, 0.2) is 0 Å². The average Bonchev–Trinajstić information content (AvgIpc) is 2.73. The fraction of sp³-hybridized carbons (Fsp3) is 0.143. The molecule has 2 heterocycles. The number of esters is 1. The molecule has 2 aromatic rings. The number of nitrogens with one attached hydrogen (secondary N) is 3. The third kappa shape index (κ3) is 7.61. The van der Waals surface area contributed by atoms with Crippen LogP contribution in [-0.4, -0.2) is 50.2 Å². The molecule has 0 bridgehead atoms. The number of amides is 3. The van der Waals surface area contributed by atoms with Gasteiger partial charge in [0, 0.05) is 24.8 Å². The summed E-state index contributed by atoms with van der Waals surface area (Å²) in [6.45, 7) is 1.63. The van der Waals surface area contributed by atoms with E-state index in [1.807, 2.05) is 16.3 Å². The summed E-state index contributed by atoms with van der Waals surface area (Å²) in [6, 6.07) is 0. The molecule has 0 saturated heterocycles. The molecule has 0 spiro atoms. The molecule has 5 N–H and O–H groups in total. The Labute approximate surface area is 152 Å². The van der Waals surface area contributed by atoms with Crippen molar-refractivity contribution in [2.75, 3.05) is 6.61 Å². The lowest BCUT2D eigenvalue weighted by molar-refractivity contribution is -0.154. The Morgan fingerprint density at radius 3 is 1.93 bits per heavy atom. The summed E-state index contributed by atoms with van der Waals surface area (Å²) < 4.78 is 4.41. The van der Waals surface area contributed by atoms with E-state index in [1.54, 1.807) is 6.92 Å². The van der Waals surface area contributed by atoms with Crippen molar-refractivity contribution in [3.8, 4) is 0 Å². The van der Waals surface area contributed by atoms with Crippen molar-refractivity contribution in [2.45, 2.75) is 6.92 Å². The number of carbonyl (C=O) groups is 4. The van der Waals surface area contributed by atoms with Gasteiger partial charge in [0.1, 0.15) is 11.4 Å². The molecule has 0 fully saturated rings. The molecule has 0 unspecified atom stereocenters. The number of carbonyl (C=O) groups excluding carboxylic acids is 4. The van der Waals surface area contributed by atoms with Crippen LogP contribution in [-0.2, 0) is 14.3 Å². The number of nitrogen functional groups attached to an aromatic ring is 1. The van der Waals surface area contributed by atoms with Crippen molar-refractivity contribution in [1.82, 2.24) is 36.2 Å². The van der Waals surface area contributed by atoms with Crippen molar-refractivity contribution in [3.05, 3.63) is 48.6 Å². The molecule has 13 heteroatoms. The van der Waals surface area contributed by atoms with E-state index in [1.165, 1.54) is 37.2 Å². The number of nitrogens with zero attached hydrogens (tertiary/aromatic N) is 4. The topological polar surface area (TPSA) is 191 Å². The fourth-order valence-electron chi connectivity index (χ4n) is 1.33. The largest absolute Gasteiger partial charge is 0.459 e. The van der Waals surface area contributed by atoms with Crippen molar-refractivity contribution in [2.24, 2.45) is 5.84 Å². The molecule has 0 radical (unpaired) electrons. The van der Waals surface area contributed by atoms with Crippen LogP contribution in [0, 0.1) is 0 Å². The van der Waals surface area contributed by atoms with Crippen LogP contribution in [0.25, 0.3) is 0 Å². The Balaban J connectivity index is 0.000000309. The summed E-state index contributed by atoms with van der Waals surface area (Å²) >= 11 is 0. The second-order valence-corrected chi connectivity index (χ2v) is 4.28. The quantitative estimate of drug-likeness (QED) is 0.151. The minimum absolute atomic E-state index is 0.0108. The summed E-state index contributed by atoms with van der Waals surface area (Å²) in [7, 11) is 0. The molecule has 142 valence electrons. The van der Waals surface area contributed by atoms with E-state index in [0.717, 1.165) is 0 Å². The smallest absolute Gasteiger partial charge is 0.398 e. The predicted molar refractivity (Wildman–Crippen MR) is 88.0 cm³/mol. The van der Waals surface area contributed by atoms with E-state index in [9.17, 15) is 19.2 Å². The number of rotatable bonds is 3. The van der Waals surface area contributed by atoms with Crippen LogP contribution in [0.5, 0.6) is 0 Å². The second kappa shape index (κ2) is 11.5. The third-order valence-electron chi connectivity index (χ3n) is 2.47. The molecule has 13 nitrogen and oxygen atoms in total. The maximum Gasteiger partial charge on any atom is 0.398 e. The first-order chi connectivity index (χ1) is 13.0. The monoisotopic (exact) mass is 376 g/mol. The Kier molecular flexibility index (Phi) is 8.99. The number of aromatic nitrogens is 4. The van der Waals surface area contributed by atoms with Gasteiger partial charge in [-0.2, -0.15) is 0 Å². The van der Waals surface area contributed by atoms with E-state index in [0.29, 0.717) is 0 Å². The molecular weight excluding hydrogens is 360 g/mol. The van der Waals surface area contributed by atoms with Crippen LogP contribution in [0.1, 0.15) is 27.9 Å². The Bertz CT molecular complexity index is 772. The average molecular weight is 376 g/mol. The lowest BCUT2D eigenvalue weighted by atomic mass is 10.4. The van der Waals surface area contributed by atoms with Crippen molar-refractivity contribution < 1.29 is 23.9 Å². The van der Waals surface area contributed by atoms with E-state index >= 15 is 0 Å². The van der Waals surface area contributed by atoms with Crippen molar-refractivity contribution in [1.29, 1.82) is 0 Å². The molecule has 2 rings (SSSR count). The molecule has 0 atom stereocenters. The Hall–Kier alpha value is -4.00. The Morgan fingerprint density at radius 2 is 1.48 bits per heavy atom. The highest BCUT2D eigenvalue weighted by Crippen LogP contribution is 1.88. The number of hydrogen-bond donors (Lipinski definition) is 4. The summed E-state index contributed by atoms with van der Waals surface area (Å²) in [5.41, 5.74) is 6.04. The van der Waals surface area contributed by atoms with Crippen molar-refractivity contribution in [3.63, 3.8) is 0 Å². The lowest BCUT2D eigenvalue weighted by Gasteiger charge is -2.05. The van der Waals surface area contributed by atoms with Gasteiger partial charge in [-0.25, -0.2) is 20.6 Å². The standard InChI is InChI=1S/C9H10N4O4.C5H6N4O/c1-2-17-9(16)8(15)13-12-7(14)6-5-10-3-4-11-6;6-9-5(10)4-3-7-1-2-8-4/h3-5H,2H2,1H3,(H,12,14)(H,13,15);1-3H,6H2,(H,9,10). The molecule has 27 heavy (non-hydrogen) atoms. The SMILES string of the molecule is CCOC(=O)C(=O)NNC(=O)c1cnccn1.NNC(=O)c1cnccn1. The molecule has 0 aliphatic carbocycles.